The number of carbonyl (C=O) groups excluding carboxylic acids is 1. The summed E-state index contributed by atoms with van der Waals surface area (Å²) >= 11 is 0. The molecule has 20 heavy (non-hydrogen) atoms. The fourth-order valence-corrected chi connectivity index (χ4v) is 2.29. The first-order valence-corrected chi connectivity index (χ1v) is 7.21. The molecule has 3 heteroatoms. The van der Waals surface area contributed by atoms with E-state index in [9.17, 15) is 4.79 Å². The smallest absolute Gasteiger partial charge is 0.169 e. The fraction of sp³-hybridized carbons (Fsp3) is 0.588. The van der Waals surface area contributed by atoms with Gasteiger partial charge in [0.2, 0.25) is 0 Å². The Morgan fingerprint density at radius 2 is 1.85 bits per heavy atom. The van der Waals surface area contributed by atoms with E-state index in [2.05, 4.69) is 18.7 Å². The monoisotopic (exact) mass is 277 g/mol. The number of hydrogen-bond acceptors (Lipinski definition) is 3. The Morgan fingerprint density at radius 3 is 2.35 bits per heavy atom. The molecular weight excluding hydrogens is 250 g/mol. The molecule has 0 spiro atoms. The Labute approximate surface area is 122 Å². The summed E-state index contributed by atoms with van der Waals surface area (Å²) in [5, 5.41) is 0. The summed E-state index contributed by atoms with van der Waals surface area (Å²) in [5.74, 6) is 0.196. The molecule has 1 aromatic rings. The van der Waals surface area contributed by atoms with Crippen molar-refractivity contribution in [1.82, 2.24) is 4.90 Å². The van der Waals surface area contributed by atoms with Crippen molar-refractivity contribution in [1.29, 1.82) is 0 Å². The molecule has 0 aliphatic heterocycles. The van der Waals surface area contributed by atoms with Crippen molar-refractivity contribution >= 4 is 5.78 Å². The second-order valence-corrected chi connectivity index (χ2v) is 6.14. The molecule has 0 bridgehead atoms. The molecule has 0 aliphatic rings. The number of ether oxygens (including phenoxy) is 1. The third kappa shape index (κ3) is 4.73. The molecule has 112 valence electrons. The minimum absolute atomic E-state index is 0.196. The summed E-state index contributed by atoms with van der Waals surface area (Å²) in [5.41, 5.74) is 0.382. The van der Waals surface area contributed by atoms with E-state index < -0.39 is 5.41 Å². The van der Waals surface area contributed by atoms with Gasteiger partial charge in [0.15, 0.2) is 5.78 Å². The maximum Gasteiger partial charge on any atom is 0.169 e. The SMILES string of the molecule is COCCN(CC(C)(C)C(=O)c1ccccc1)C(C)C. The number of rotatable bonds is 8. The van der Waals surface area contributed by atoms with Crippen LogP contribution in [0.4, 0.5) is 0 Å². The highest BCUT2D eigenvalue weighted by atomic mass is 16.5. The number of carbonyl (C=O) groups is 1. The van der Waals surface area contributed by atoms with E-state index in [1.807, 2.05) is 44.2 Å². The minimum Gasteiger partial charge on any atom is -0.383 e. The van der Waals surface area contributed by atoms with Gasteiger partial charge in [-0.3, -0.25) is 9.69 Å². The van der Waals surface area contributed by atoms with Crippen LogP contribution in [-0.2, 0) is 4.74 Å². The quantitative estimate of drug-likeness (QED) is 0.683. The molecule has 0 atom stereocenters. The van der Waals surface area contributed by atoms with Gasteiger partial charge in [0.25, 0.3) is 0 Å². The Bertz CT molecular complexity index is 412. The Hall–Kier alpha value is -1.19. The zero-order chi connectivity index (χ0) is 15.2. The van der Waals surface area contributed by atoms with E-state index in [0.717, 1.165) is 18.7 Å². The highest BCUT2D eigenvalue weighted by molar-refractivity contribution is 6.00. The van der Waals surface area contributed by atoms with Crippen LogP contribution in [0.15, 0.2) is 30.3 Å². The van der Waals surface area contributed by atoms with E-state index in [1.165, 1.54) is 0 Å². The van der Waals surface area contributed by atoms with Crippen LogP contribution in [0.2, 0.25) is 0 Å². The molecule has 0 fully saturated rings. The van der Waals surface area contributed by atoms with Crippen LogP contribution in [0.1, 0.15) is 38.1 Å². The van der Waals surface area contributed by atoms with E-state index in [4.69, 9.17) is 4.74 Å². The summed E-state index contributed by atoms with van der Waals surface area (Å²) < 4.78 is 5.16. The standard InChI is InChI=1S/C17H27NO2/c1-14(2)18(11-12-20-5)13-17(3,4)16(19)15-9-7-6-8-10-15/h6-10,14H,11-13H2,1-5H3. The van der Waals surface area contributed by atoms with Crippen molar-refractivity contribution in [3.05, 3.63) is 35.9 Å². The summed E-state index contributed by atoms with van der Waals surface area (Å²) in [4.78, 5) is 14.9. The molecule has 0 aromatic heterocycles. The van der Waals surface area contributed by atoms with Gasteiger partial charge in [-0.15, -0.1) is 0 Å². The molecule has 0 saturated carbocycles. The summed E-state index contributed by atoms with van der Waals surface area (Å²) in [7, 11) is 1.71. The van der Waals surface area contributed by atoms with Crippen molar-refractivity contribution < 1.29 is 9.53 Å². The van der Waals surface area contributed by atoms with Crippen LogP contribution in [0, 0.1) is 5.41 Å². The molecule has 0 amide bonds. The normalized spacial score (nSPS) is 12.2. The van der Waals surface area contributed by atoms with Gasteiger partial charge in [0.05, 0.1) is 6.61 Å². The first-order chi connectivity index (χ1) is 9.38. The highest BCUT2D eigenvalue weighted by Gasteiger charge is 2.31. The van der Waals surface area contributed by atoms with Crippen LogP contribution >= 0.6 is 0 Å². The first kappa shape index (κ1) is 16.9. The number of ketones is 1. The minimum atomic E-state index is -0.403. The van der Waals surface area contributed by atoms with E-state index in [0.29, 0.717) is 12.6 Å². The maximum atomic E-state index is 12.6. The topological polar surface area (TPSA) is 29.5 Å². The summed E-state index contributed by atoms with van der Waals surface area (Å²) in [6.45, 7) is 10.6. The summed E-state index contributed by atoms with van der Waals surface area (Å²) in [6, 6.07) is 9.93. The maximum absolute atomic E-state index is 12.6. The van der Waals surface area contributed by atoms with Crippen LogP contribution < -0.4 is 0 Å². The third-order valence-electron chi connectivity index (χ3n) is 3.56. The van der Waals surface area contributed by atoms with Crippen molar-refractivity contribution in [3.8, 4) is 0 Å². The average molecular weight is 277 g/mol. The van der Waals surface area contributed by atoms with Crippen LogP contribution in [0.3, 0.4) is 0 Å². The highest BCUT2D eigenvalue weighted by Crippen LogP contribution is 2.24. The van der Waals surface area contributed by atoms with Gasteiger partial charge in [-0.1, -0.05) is 44.2 Å². The van der Waals surface area contributed by atoms with Gasteiger partial charge < -0.3 is 4.74 Å². The predicted octanol–water partition coefficient (Wildman–Crippen LogP) is 3.25. The number of benzene rings is 1. The molecule has 1 rings (SSSR count). The Morgan fingerprint density at radius 1 is 1.25 bits per heavy atom. The number of nitrogens with zero attached hydrogens (tertiary/aromatic N) is 1. The van der Waals surface area contributed by atoms with Gasteiger partial charge >= 0.3 is 0 Å². The molecule has 0 heterocycles. The lowest BCUT2D eigenvalue weighted by Crippen LogP contribution is -2.44. The van der Waals surface area contributed by atoms with E-state index >= 15 is 0 Å². The van der Waals surface area contributed by atoms with Gasteiger partial charge in [-0.25, -0.2) is 0 Å². The zero-order valence-corrected chi connectivity index (χ0v) is 13.3. The fourth-order valence-electron chi connectivity index (χ4n) is 2.29. The predicted molar refractivity (Wildman–Crippen MR) is 83.1 cm³/mol. The molecule has 0 unspecified atom stereocenters. The molecule has 0 aliphatic carbocycles. The lowest BCUT2D eigenvalue weighted by Gasteiger charge is -2.34. The van der Waals surface area contributed by atoms with Crippen LogP contribution in [0.25, 0.3) is 0 Å². The number of methoxy groups -OCH3 is 1. The number of hydrogen-bond donors (Lipinski definition) is 0. The molecule has 0 saturated heterocycles. The lowest BCUT2D eigenvalue weighted by molar-refractivity contribution is 0.0667. The van der Waals surface area contributed by atoms with Crippen molar-refractivity contribution in [2.45, 2.75) is 33.7 Å². The van der Waals surface area contributed by atoms with Gasteiger partial charge in [0, 0.05) is 37.2 Å². The molecular formula is C17H27NO2. The zero-order valence-electron chi connectivity index (χ0n) is 13.3. The Balaban J connectivity index is 2.78. The second kappa shape index (κ2) is 7.55. The average Bonchev–Trinajstić information content (AvgIpc) is 2.43. The molecule has 3 nitrogen and oxygen atoms in total. The summed E-state index contributed by atoms with van der Waals surface area (Å²) in [6.07, 6.45) is 0. The van der Waals surface area contributed by atoms with Crippen LogP contribution in [0.5, 0.6) is 0 Å². The van der Waals surface area contributed by atoms with E-state index in [1.54, 1.807) is 7.11 Å². The van der Waals surface area contributed by atoms with Crippen molar-refractivity contribution in [2.24, 2.45) is 5.41 Å². The van der Waals surface area contributed by atoms with Gasteiger partial charge in [-0.2, -0.15) is 0 Å². The number of Topliss-reactive ketones (excluding diaryl/α,β-unsaturated/α-hetero) is 1. The third-order valence-corrected chi connectivity index (χ3v) is 3.56. The molecule has 0 radical (unpaired) electrons. The molecule has 0 N–H and O–H groups in total. The van der Waals surface area contributed by atoms with E-state index in [-0.39, 0.29) is 5.78 Å². The second-order valence-electron chi connectivity index (χ2n) is 6.14. The van der Waals surface area contributed by atoms with Crippen LogP contribution in [-0.4, -0.2) is 43.5 Å². The Kier molecular flexibility index (Phi) is 6.37. The largest absolute Gasteiger partial charge is 0.383 e. The van der Waals surface area contributed by atoms with Gasteiger partial charge in [-0.05, 0) is 13.8 Å². The van der Waals surface area contributed by atoms with Gasteiger partial charge in [0.1, 0.15) is 0 Å². The molecule has 1 aromatic carbocycles. The van der Waals surface area contributed by atoms with Crippen molar-refractivity contribution in [2.75, 3.05) is 26.8 Å². The van der Waals surface area contributed by atoms with Crippen molar-refractivity contribution in [3.63, 3.8) is 0 Å². The first-order valence-electron chi connectivity index (χ1n) is 7.21. The lowest BCUT2D eigenvalue weighted by atomic mass is 9.83.